The highest BCUT2D eigenvalue weighted by Crippen LogP contribution is 2.30. The molecule has 1 N–H and O–H groups in total. The quantitative estimate of drug-likeness (QED) is 0.538. The number of aromatic nitrogens is 4. The summed E-state index contributed by atoms with van der Waals surface area (Å²) in [5, 5.41) is 9.08. The van der Waals surface area contributed by atoms with Crippen molar-refractivity contribution in [2.24, 2.45) is 0 Å². The van der Waals surface area contributed by atoms with E-state index in [1.54, 1.807) is 0 Å². The first kappa shape index (κ1) is 17.2. The van der Waals surface area contributed by atoms with E-state index < -0.39 is 0 Å². The molecule has 0 saturated heterocycles. The summed E-state index contributed by atoms with van der Waals surface area (Å²) in [7, 11) is 0. The minimum Gasteiger partial charge on any atom is -0.340 e. The molecule has 140 valence electrons. The first-order chi connectivity index (χ1) is 13.7. The number of nitrogens with one attached hydrogen (secondary N) is 1. The van der Waals surface area contributed by atoms with Crippen molar-refractivity contribution >= 4 is 28.9 Å². The van der Waals surface area contributed by atoms with Crippen molar-refractivity contribution in [3.8, 4) is 0 Å². The van der Waals surface area contributed by atoms with Crippen LogP contribution in [0.4, 0.5) is 11.5 Å². The van der Waals surface area contributed by atoms with E-state index in [4.69, 9.17) is 26.7 Å². The molecule has 5 nitrogen and oxygen atoms in total. The Morgan fingerprint density at radius 3 is 2.75 bits per heavy atom. The number of nitrogens with zero attached hydrogens (tertiary/aromatic N) is 4. The number of benzene rings is 2. The van der Waals surface area contributed by atoms with E-state index in [-0.39, 0.29) is 0 Å². The number of hydrogen-bond donors (Lipinski definition) is 1. The Morgan fingerprint density at radius 2 is 1.93 bits per heavy atom. The molecule has 5 rings (SSSR count). The van der Waals surface area contributed by atoms with Crippen molar-refractivity contribution in [1.82, 2.24) is 19.6 Å². The molecule has 6 heteroatoms. The molecule has 0 atom stereocenters. The van der Waals surface area contributed by atoms with Gasteiger partial charge in [-0.15, -0.1) is 5.10 Å². The zero-order chi connectivity index (χ0) is 19.1. The molecular weight excluding hydrogens is 370 g/mol. The number of fused-ring (bicyclic) bond motifs is 2. The molecule has 0 aliphatic heterocycles. The molecule has 0 amide bonds. The second-order valence-electron chi connectivity index (χ2n) is 7.28. The smallest absolute Gasteiger partial charge is 0.254 e. The largest absolute Gasteiger partial charge is 0.340 e. The molecule has 0 unspecified atom stereocenters. The van der Waals surface area contributed by atoms with Gasteiger partial charge in [0.15, 0.2) is 5.82 Å². The van der Waals surface area contributed by atoms with E-state index in [9.17, 15) is 0 Å². The van der Waals surface area contributed by atoms with Gasteiger partial charge in [-0.3, -0.25) is 0 Å². The first-order valence-corrected chi connectivity index (χ1v) is 9.89. The van der Waals surface area contributed by atoms with Gasteiger partial charge in [-0.05, 0) is 61.6 Å². The standard InChI is InChI=1S/C22H20ClN5/c1-14-4-2-5-17(12-14)24-21-18-6-3-7-19(18)25-22-26-20(27-28(21)22)13-15-8-10-16(23)11-9-15/h2,4-5,8-12,24H,3,6-7,13H2,1H3. The van der Waals surface area contributed by atoms with E-state index in [2.05, 4.69) is 36.5 Å². The maximum absolute atomic E-state index is 5.99. The fraction of sp³-hybridized carbons (Fsp3) is 0.227. The van der Waals surface area contributed by atoms with E-state index in [1.807, 2.05) is 28.8 Å². The third-order valence-electron chi connectivity index (χ3n) is 5.11. The lowest BCUT2D eigenvalue weighted by molar-refractivity contribution is 0.885. The summed E-state index contributed by atoms with van der Waals surface area (Å²) in [5.41, 5.74) is 5.77. The minimum absolute atomic E-state index is 0.648. The third kappa shape index (κ3) is 3.22. The van der Waals surface area contributed by atoms with Gasteiger partial charge in [-0.1, -0.05) is 35.9 Å². The molecule has 1 aliphatic rings. The molecule has 0 bridgehead atoms. The lowest BCUT2D eigenvalue weighted by Gasteiger charge is -2.12. The molecule has 0 saturated carbocycles. The zero-order valence-electron chi connectivity index (χ0n) is 15.6. The van der Waals surface area contributed by atoms with Crippen LogP contribution in [-0.2, 0) is 19.3 Å². The Balaban J connectivity index is 1.57. The van der Waals surface area contributed by atoms with Gasteiger partial charge < -0.3 is 5.32 Å². The summed E-state index contributed by atoms with van der Waals surface area (Å²) in [4.78, 5) is 9.48. The van der Waals surface area contributed by atoms with Gasteiger partial charge in [-0.2, -0.15) is 9.50 Å². The molecule has 4 aromatic rings. The number of aryl methyl sites for hydroxylation is 2. The number of anilines is 2. The summed E-state index contributed by atoms with van der Waals surface area (Å²) >= 11 is 5.99. The molecular formula is C22H20ClN5. The van der Waals surface area contributed by atoms with Gasteiger partial charge in [0.05, 0.1) is 5.69 Å². The van der Waals surface area contributed by atoms with Gasteiger partial charge >= 0.3 is 0 Å². The lowest BCUT2D eigenvalue weighted by atomic mass is 10.1. The lowest BCUT2D eigenvalue weighted by Crippen LogP contribution is -2.07. The van der Waals surface area contributed by atoms with E-state index in [0.717, 1.165) is 52.9 Å². The van der Waals surface area contributed by atoms with Gasteiger partial charge in [0.1, 0.15) is 5.82 Å². The monoisotopic (exact) mass is 389 g/mol. The fourth-order valence-corrected chi connectivity index (χ4v) is 3.90. The Kier molecular flexibility index (Phi) is 4.24. The Labute approximate surface area is 168 Å². The van der Waals surface area contributed by atoms with E-state index in [1.165, 1.54) is 11.1 Å². The first-order valence-electron chi connectivity index (χ1n) is 9.51. The van der Waals surface area contributed by atoms with Crippen molar-refractivity contribution in [1.29, 1.82) is 0 Å². The van der Waals surface area contributed by atoms with Crippen LogP contribution in [-0.4, -0.2) is 19.6 Å². The second-order valence-corrected chi connectivity index (χ2v) is 7.71. The minimum atomic E-state index is 0.648. The van der Waals surface area contributed by atoms with Gasteiger partial charge in [0, 0.05) is 22.7 Å². The predicted molar refractivity (Wildman–Crippen MR) is 112 cm³/mol. The van der Waals surface area contributed by atoms with Gasteiger partial charge in [0.25, 0.3) is 5.78 Å². The average molecular weight is 390 g/mol. The zero-order valence-corrected chi connectivity index (χ0v) is 16.4. The van der Waals surface area contributed by atoms with E-state index >= 15 is 0 Å². The molecule has 0 radical (unpaired) electrons. The summed E-state index contributed by atoms with van der Waals surface area (Å²) in [6.45, 7) is 2.09. The van der Waals surface area contributed by atoms with Crippen LogP contribution < -0.4 is 5.32 Å². The Bertz CT molecular complexity index is 1160. The molecule has 2 heterocycles. The number of halogens is 1. The third-order valence-corrected chi connectivity index (χ3v) is 5.36. The Hall–Kier alpha value is -2.92. The van der Waals surface area contributed by atoms with Crippen molar-refractivity contribution < 1.29 is 0 Å². The Morgan fingerprint density at radius 1 is 1.07 bits per heavy atom. The van der Waals surface area contributed by atoms with Crippen LogP contribution in [0.15, 0.2) is 48.5 Å². The van der Waals surface area contributed by atoms with Gasteiger partial charge in [0.2, 0.25) is 0 Å². The maximum atomic E-state index is 5.99. The van der Waals surface area contributed by atoms with Crippen LogP contribution in [0.1, 0.15) is 34.6 Å². The van der Waals surface area contributed by atoms with Crippen molar-refractivity contribution in [2.75, 3.05) is 5.32 Å². The maximum Gasteiger partial charge on any atom is 0.254 e. The van der Waals surface area contributed by atoms with Crippen molar-refractivity contribution in [3.05, 3.63) is 81.8 Å². The predicted octanol–water partition coefficient (Wildman–Crippen LogP) is 4.91. The van der Waals surface area contributed by atoms with Crippen LogP contribution >= 0.6 is 11.6 Å². The second kappa shape index (κ2) is 6.91. The van der Waals surface area contributed by atoms with Crippen LogP contribution in [0.3, 0.4) is 0 Å². The average Bonchev–Trinajstić information content (AvgIpc) is 3.30. The highest BCUT2D eigenvalue weighted by atomic mass is 35.5. The van der Waals surface area contributed by atoms with Crippen LogP contribution in [0.2, 0.25) is 5.02 Å². The molecule has 28 heavy (non-hydrogen) atoms. The SMILES string of the molecule is Cc1cccc(Nc2c3c(nc4nc(Cc5ccc(Cl)cc5)nn24)CCC3)c1. The molecule has 0 spiro atoms. The van der Waals surface area contributed by atoms with E-state index in [0.29, 0.717) is 12.2 Å². The van der Waals surface area contributed by atoms with Crippen molar-refractivity contribution in [2.45, 2.75) is 32.6 Å². The summed E-state index contributed by atoms with van der Waals surface area (Å²) < 4.78 is 1.86. The molecule has 0 fully saturated rings. The summed E-state index contributed by atoms with van der Waals surface area (Å²) in [5.74, 6) is 2.39. The summed E-state index contributed by atoms with van der Waals surface area (Å²) in [6.07, 6.45) is 3.78. The van der Waals surface area contributed by atoms with Crippen molar-refractivity contribution in [3.63, 3.8) is 0 Å². The normalized spacial score (nSPS) is 13.1. The van der Waals surface area contributed by atoms with Gasteiger partial charge in [-0.25, -0.2) is 4.98 Å². The van der Waals surface area contributed by atoms with Crippen LogP contribution in [0.25, 0.3) is 5.78 Å². The fourth-order valence-electron chi connectivity index (χ4n) is 3.77. The molecule has 2 aromatic heterocycles. The highest BCUT2D eigenvalue weighted by Gasteiger charge is 2.22. The number of rotatable bonds is 4. The number of hydrogen-bond acceptors (Lipinski definition) is 4. The summed E-state index contributed by atoms with van der Waals surface area (Å²) in [6, 6.07) is 16.2. The highest BCUT2D eigenvalue weighted by molar-refractivity contribution is 6.30. The topological polar surface area (TPSA) is 55.1 Å². The molecule has 1 aliphatic carbocycles. The van der Waals surface area contributed by atoms with Crippen LogP contribution in [0, 0.1) is 6.92 Å². The van der Waals surface area contributed by atoms with Crippen LogP contribution in [0.5, 0.6) is 0 Å². The molecule has 2 aromatic carbocycles.